The molecule has 106 valence electrons. The lowest BCUT2D eigenvalue weighted by molar-refractivity contribution is 0.475. The van der Waals surface area contributed by atoms with Crippen LogP contribution in [0, 0.1) is 6.92 Å². The molecule has 0 atom stereocenters. The molecule has 6 heteroatoms. The van der Waals surface area contributed by atoms with Gasteiger partial charge in [0.1, 0.15) is 4.90 Å². The number of fused-ring (bicyclic) bond motifs is 1. The van der Waals surface area contributed by atoms with Gasteiger partial charge in [-0.25, -0.2) is 0 Å². The van der Waals surface area contributed by atoms with Crippen molar-refractivity contribution in [3.05, 3.63) is 60.3 Å². The predicted molar refractivity (Wildman–Crippen MR) is 78.5 cm³/mol. The number of aromatic nitrogens is 2. The van der Waals surface area contributed by atoms with Crippen molar-refractivity contribution >= 4 is 20.9 Å². The molecule has 21 heavy (non-hydrogen) atoms. The molecule has 0 saturated heterocycles. The van der Waals surface area contributed by atoms with Crippen LogP contribution in [0.25, 0.3) is 10.8 Å². The van der Waals surface area contributed by atoms with E-state index in [-0.39, 0.29) is 10.8 Å². The molecular weight excluding hydrogens is 288 g/mol. The van der Waals surface area contributed by atoms with E-state index in [0.29, 0.717) is 5.39 Å². The quantitative estimate of drug-likeness (QED) is 0.696. The molecule has 1 heterocycles. The van der Waals surface area contributed by atoms with Crippen molar-refractivity contribution in [1.82, 2.24) is 10.2 Å². The Labute approximate surface area is 122 Å². The first-order valence-electron chi connectivity index (χ1n) is 6.28. The lowest BCUT2D eigenvalue weighted by Crippen LogP contribution is -2.11. The summed E-state index contributed by atoms with van der Waals surface area (Å²) in [4.78, 5) is 0.0860. The SMILES string of the molecule is Cc1ccc(S(=O)(=O)Oc2nncc3ccccc23)cc1. The molecule has 0 radical (unpaired) electrons. The molecule has 0 saturated carbocycles. The van der Waals surface area contributed by atoms with Crippen LogP contribution in [0.4, 0.5) is 0 Å². The Morgan fingerprint density at radius 2 is 1.71 bits per heavy atom. The van der Waals surface area contributed by atoms with E-state index < -0.39 is 10.1 Å². The van der Waals surface area contributed by atoms with Crippen molar-refractivity contribution in [3.8, 4) is 5.88 Å². The highest BCUT2D eigenvalue weighted by Crippen LogP contribution is 2.24. The molecule has 0 aliphatic carbocycles. The highest BCUT2D eigenvalue weighted by atomic mass is 32.2. The summed E-state index contributed by atoms with van der Waals surface area (Å²) in [5, 5.41) is 8.91. The molecule has 0 fully saturated rings. The van der Waals surface area contributed by atoms with Crippen LogP contribution >= 0.6 is 0 Å². The second-order valence-corrected chi connectivity index (χ2v) is 6.13. The molecule has 3 aromatic rings. The summed E-state index contributed by atoms with van der Waals surface area (Å²) in [7, 11) is -3.92. The third-order valence-electron chi connectivity index (χ3n) is 3.03. The molecule has 2 aromatic carbocycles. The molecule has 0 aliphatic rings. The second kappa shape index (κ2) is 5.14. The predicted octanol–water partition coefficient (Wildman–Crippen LogP) is 2.71. The molecule has 5 nitrogen and oxygen atoms in total. The summed E-state index contributed by atoms with van der Waals surface area (Å²) >= 11 is 0. The maximum absolute atomic E-state index is 12.3. The lowest BCUT2D eigenvalue weighted by Gasteiger charge is -2.07. The minimum Gasteiger partial charge on any atom is -0.356 e. The van der Waals surface area contributed by atoms with E-state index in [1.807, 2.05) is 19.1 Å². The molecular formula is C15H12N2O3S. The van der Waals surface area contributed by atoms with E-state index in [1.165, 1.54) is 12.1 Å². The van der Waals surface area contributed by atoms with Crippen molar-refractivity contribution in [2.24, 2.45) is 0 Å². The molecule has 1 aromatic heterocycles. The van der Waals surface area contributed by atoms with Crippen LogP contribution < -0.4 is 4.18 Å². The Bertz CT molecular complexity index is 885. The average Bonchev–Trinajstić information content (AvgIpc) is 2.48. The first-order chi connectivity index (χ1) is 10.1. The summed E-state index contributed by atoms with van der Waals surface area (Å²) < 4.78 is 29.7. The van der Waals surface area contributed by atoms with Crippen molar-refractivity contribution in [1.29, 1.82) is 0 Å². The van der Waals surface area contributed by atoms with E-state index in [9.17, 15) is 8.42 Å². The van der Waals surface area contributed by atoms with E-state index in [4.69, 9.17) is 4.18 Å². The fourth-order valence-corrected chi connectivity index (χ4v) is 2.82. The zero-order valence-electron chi connectivity index (χ0n) is 11.2. The first kappa shape index (κ1) is 13.5. The van der Waals surface area contributed by atoms with Gasteiger partial charge in [-0.1, -0.05) is 35.9 Å². The zero-order valence-corrected chi connectivity index (χ0v) is 12.0. The van der Waals surface area contributed by atoms with Gasteiger partial charge in [0, 0.05) is 10.8 Å². The van der Waals surface area contributed by atoms with E-state index in [1.54, 1.807) is 30.5 Å². The third-order valence-corrected chi connectivity index (χ3v) is 4.26. The largest absolute Gasteiger partial charge is 0.356 e. The summed E-state index contributed by atoms with van der Waals surface area (Å²) in [5.74, 6) is -0.0197. The lowest BCUT2D eigenvalue weighted by atomic mass is 10.2. The molecule has 0 spiro atoms. The number of aryl methyl sites for hydroxylation is 1. The molecule has 0 bridgehead atoms. The van der Waals surface area contributed by atoms with Crippen LogP contribution in [0.15, 0.2) is 59.6 Å². The molecule has 0 unspecified atom stereocenters. The topological polar surface area (TPSA) is 69.2 Å². The monoisotopic (exact) mass is 300 g/mol. The summed E-state index contributed by atoms with van der Waals surface area (Å²) in [5.41, 5.74) is 0.971. The fraction of sp³-hybridized carbons (Fsp3) is 0.0667. The minimum absolute atomic E-state index is 0.0197. The van der Waals surface area contributed by atoms with E-state index in [2.05, 4.69) is 10.2 Å². The molecule has 0 aliphatic heterocycles. The standard InChI is InChI=1S/C15H12N2O3S/c1-11-6-8-13(9-7-11)21(18,19)20-15-14-5-3-2-4-12(14)10-16-17-15/h2-10H,1H3. The number of nitrogens with zero attached hydrogens (tertiary/aromatic N) is 2. The van der Waals surface area contributed by atoms with E-state index >= 15 is 0 Å². The Morgan fingerprint density at radius 3 is 2.48 bits per heavy atom. The normalized spacial score (nSPS) is 11.5. The minimum atomic E-state index is -3.92. The summed E-state index contributed by atoms with van der Waals surface area (Å²) in [6, 6.07) is 13.6. The smallest absolute Gasteiger partial charge is 0.340 e. The van der Waals surface area contributed by atoms with Gasteiger partial charge in [0.05, 0.1) is 6.20 Å². The van der Waals surface area contributed by atoms with Gasteiger partial charge in [-0.15, -0.1) is 5.10 Å². The maximum Gasteiger partial charge on any atom is 0.340 e. The number of rotatable bonds is 3. The zero-order chi connectivity index (χ0) is 14.9. The van der Waals surface area contributed by atoms with Crippen LogP contribution in [0.1, 0.15) is 5.56 Å². The van der Waals surface area contributed by atoms with Crippen molar-refractivity contribution in [2.45, 2.75) is 11.8 Å². The van der Waals surface area contributed by atoms with Gasteiger partial charge in [-0.05, 0) is 25.1 Å². The van der Waals surface area contributed by atoms with Crippen molar-refractivity contribution in [3.63, 3.8) is 0 Å². The Kier molecular flexibility index (Phi) is 3.31. The molecule has 0 N–H and O–H groups in total. The van der Waals surface area contributed by atoms with Gasteiger partial charge >= 0.3 is 10.1 Å². The van der Waals surface area contributed by atoms with Gasteiger partial charge < -0.3 is 4.18 Å². The van der Waals surface area contributed by atoms with E-state index in [0.717, 1.165) is 10.9 Å². The van der Waals surface area contributed by atoms with Crippen LogP contribution in [0.5, 0.6) is 5.88 Å². The second-order valence-electron chi connectivity index (χ2n) is 4.59. The summed E-state index contributed by atoms with van der Waals surface area (Å²) in [6.45, 7) is 1.88. The van der Waals surface area contributed by atoms with Crippen molar-refractivity contribution in [2.75, 3.05) is 0 Å². The van der Waals surface area contributed by atoms with Gasteiger partial charge in [0.25, 0.3) is 5.88 Å². The van der Waals surface area contributed by atoms with Gasteiger partial charge in [-0.3, -0.25) is 0 Å². The van der Waals surface area contributed by atoms with Gasteiger partial charge in [-0.2, -0.15) is 13.5 Å². The summed E-state index contributed by atoms with van der Waals surface area (Å²) in [6.07, 6.45) is 1.56. The highest BCUT2D eigenvalue weighted by Gasteiger charge is 2.19. The Hall–Kier alpha value is -2.47. The molecule has 3 rings (SSSR count). The van der Waals surface area contributed by atoms with Crippen LogP contribution in [-0.2, 0) is 10.1 Å². The van der Waals surface area contributed by atoms with Crippen LogP contribution in [0.2, 0.25) is 0 Å². The van der Waals surface area contributed by atoms with Gasteiger partial charge in [0.15, 0.2) is 0 Å². The van der Waals surface area contributed by atoms with Crippen molar-refractivity contribution < 1.29 is 12.6 Å². The third kappa shape index (κ3) is 2.71. The number of hydrogen-bond acceptors (Lipinski definition) is 5. The molecule has 0 amide bonds. The maximum atomic E-state index is 12.3. The number of benzene rings is 2. The highest BCUT2D eigenvalue weighted by molar-refractivity contribution is 7.87. The Balaban J connectivity index is 2.03. The average molecular weight is 300 g/mol. The first-order valence-corrected chi connectivity index (χ1v) is 7.69. The Morgan fingerprint density at radius 1 is 1.00 bits per heavy atom. The number of hydrogen-bond donors (Lipinski definition) is 0. The van der Waals surface area contributed by atoms with Gasteiger partial charge in [0.2, 0.25) is 0 Å². The van der Waals surface area contributed by atoms with Crippen LogP contribution in [-0.4, -0.2) is 18.6 Å². The fourth-order valence-electron chi connectivity index (χ4n) is 1.92. The van der Waals surface area contributed by atoms with Crippen LogP contribution in [0.3, 0.4) is 0 Å².